The second-order valence-corrected chi connectivity index (χ2v) is 7.61. The number of rotatable bonds is 6. The van der Waals surface area contributed by atoms with E-state index in [0.29, 0.717) is 11.5 Å². The SMILES string of the molecule is OC(CSc1cccc(Cl)c1)CSc1ccccc1Br. The molecule has 0 amide bonds. The lowest BCUT2D eigenvalue weighted by Crippen LogP contribution is -2.12. The van der Waals surface area contributed by atoms with Gasteiger partial charge in [-0.3, -0.25) is 0 Å². The van der Waals surface area contributed by atoms with Crippen LogP contribution in [0.1, 0.15) is 0 Å². The number of aliphatic hydroxyl groups is 1. The molecule has 0 radical (unpaired) electrons. The molecule has 0 aromatic heterocycles. The topological polar surface area (TPSA) is 20.2 Å². The summed E-state index contributed by atoms with van der Waals surface area (Å²) >= 11 is 12.7. The molecule has 106 valence electrons. The monoisotopic (exact) mass is 388 g/mol. The molecule has 2 aromatic carbocycles. The van der Waals surface area contributed by atoms with E-state index in [9.17, 15) is 5.11 Å². The molecule has 0 aliphatic carbocycles. The lowest BCUT2D eigenvalue weighted by molar-refractivity contribution is 0.225. The molecule has 2 rings (SSSR count). The third-order valence-electron chi connectivity index (χ3n) is 2.51. The van der Waals surface area contributed by atoms with E-state index in [4.69, 9.17) is 11.6 Å². The normalized spacial score (nSPS) is 12.3. The second-order valence-electron chi connectivity index (χ2n) is 4.16. The number of benzene rings is 2. The Bertz CT molecular complexity index is 565. The highest BCUT2D eigenvalue weighted by molar-refractivity contribution is 9.10. The van der Waals surface area contributed by atoms with Crippen LogP contribution in [0.4, 0.5) is 0 Å². The highest BCUT2D eigenvalue weighted by Gasteiger charge is 2.08. The van der Waals surface area contributed by atoms with E-state index < -0.39 is 0 Å². The predicted octanol–water partition coefficient (Wildman–Crippen LogP) is 5.35. The van der Waals surface area contributed by atoms with Crippen molar-refractivity contribution in [1.29, 1.82) is 0 Å². The lowest BCUT2D eigenvalue weighted by atomic mass is 10.4. The third kappa shape index (κ3) is 5.34. The summed E-state index contributed by atoms with van der Waals surface area (Å²) in [5.41, 5.74) is 0. The van der Waals surface area contributed by atoms with Gasteiger partial charge in [0.05, 0.1) is 6.10 Å². The molecule has 20 heavy (non-hydrogen) atoms. The summed E-state index contributed by atoms with van der Waals surface area (Å²) in [7, 11) is 0. The van der Waals surface area contributed by atoms with Crippen molar-refractivity contribution in [1.82, 2.24) is 0 Å². The molecule has 0 bridgehead atoms. The van der Waals surface area contributed by atoms with Gasteiger partial charge in [0.2, 0.25) is 0 Å². The fraction of sp³-hybridized carbons (Fsp3) is 0.200. The molecule has 1 N–H and O–H groups in total. The van der Waals surface area contributed by atoms with Crippen molar-refractivity contribution in [2.24, 2.45) is 0 Å². The van der Waals surface area contributed by atoms with E-state index in [1.54, 1.807) is 23.5 Å². The van der Waals surface area contributed by atoms with Crippen LogP contribution in [-0.2, 0) is 0 Å². The van der Waals surface area contributed by atoms with Crippen LogP contribution >= 0.6 is 51.1 Å². The van der Waals surface area contributed by atoms with Crippen molar-refractivity contribution in [3.05, 3.63) is 58.0 Å². The number of hydrogen-bond acceptors (Lipinski definition) is 3. The van der Waals surface area contributed by atoms with E-state index in [1.807, 2.05) is 48.5 Å². The number of hydrogen-bond donors (Lipinski definition) is 1. The highest BCUT2D eigenvalue weighted by atomic mass is 79.9. The van der Waals surface area contributed by atoms with Crippen LogP contribution in [-0.4, -0.2) is 22.7 Å². The summed E-state index contributed by atoms with van der Waals surface area (Å²) in [5, 5.41) is 10.8. The average Bonchev–Trinajstić information content (AvgIpc) is 2.44. The molecule has 0 fully saturated rings. The Hall–Kier alpha value is -0.130. The molecular formula is C15H14BrClOS2. The molecule has 1 nitrogen and oxygen atoms in total. The highest BCUT2D eigenvalue weighted by Crippen LogP contribution is 2.29. The van der Waals surface area contributed by atoms with Gasteiger partial charge in [-0.2, -0.15) is 0 Å². The van der Waals surface area contributed by atoms with Gasteiger partial charge < -0.3 is 5.11 Å². The van der Waals surface area contributed by atoms with Gasteiger partial charge in [-0.1, -0.05) is 29.8 Å². The summed E-state index contributed by atoms with van der Waals surface area (Å²) in [5.74, 6) is 1.34. The van der Waals surface area contributed by atoms with Crippen LogP contribution < -0.4 is 0 Å². The number of halogens is 2. The third-order valence-corrected chi connectivity index (χ3v) is 6.05. The molecule has 1 atom stereocenters. The fourth-order valence-electron chi connectivity index (χ4n) is 1.55. The molecule has 0 saturated carbocycles. The van der Waals surface area contributed by atoms with Crippen LogP contribution in [0, 0.1) is 0 Å². The van der Waals surface area contributed by atoms with Gasteiger partial charge in [-0.25, -0.2) is 0 Å². The molecule has 0 spiro atoms. The summed E-state index contributed by atoms with van der Waals surface area (Å²) < 4.78 is 1.07. The van der Waals surface area contributed by atoms with Gasteiger partial charge in [-0.05, 0) is 46.3 Å². The molecule has 0 aliphatic rings. The summed E-state index contributed by atoms with van der Waals surface area (Å²) in [4.78, 5) is 2.24. The number of aliphatic hydroxyl groups excluding tert-OH is 1. The minimum atomic E-state index is -0.351. The largest absolute Gasteiger partial charge is 0.391 e. The Balaban J connectivity index is 1.78. The first kappa shape index (κ1) is 16.2. The Morgan fingerprint density at radius 1 is 1.05 bits per heavy atom. The zero-order valence-corrected chi connectivity index (χ0v) is 14.6. The van der Waals surface area contributed by atoms with E-state index in [2.05, 4.69) is 15.9 Å². The van der Waals surface area contributed by atoms with Gasteiger partial charge >= 0.3 is 0 Å². The zero-order chi connectivity index (χ0) is 14.4. The Morgan fingerprint density at radius 2 is 1.80 bits per heavy atom. The molecule has 2 aromatic rings. The fourth-order valence-corrected chi connectivity index (χ4v) is 4.34. The van der Waals surface area contributed by atoms with Crippen LogP contribution in [0.25, 0.3) is 0 Å². The molecular weight excluding hydrogens is 376 g/mol. The maximum atomic E-state index is 10.0. The van der Waals surface area contributed by atoms with Gasteiger partial charge in [0.15, 0.2) is 0 Å². The molecule has 0 saturated heterocycles. The second kappa shape index (κ2) is 8.35. The van der Waals surface area contributed by atoms with Gasteiger partial charge in [-0.15, -0.1) is 23.5 Å². The van der Waals surface area contributed by atoms with Crippen LogP contribution in [0.2, 0.25) is 5.02 Å². The molecule has 5 heteroatoms. The molecule has 1 unspecified atom stereocenters. The van der Waals surface area contributed by atoms with Crippen molar-refractivity contribution < 1.29 is 5.11 Å². The minimum Gasteiger partial charge on any atom is -0.391 e. The van der Waals surface area contributed by atoms with E-state index >= 15 is 0 Å². The van der Waals surface area contributed by atoms with Gasteiger partial charge in [0.1, 0.15) is 0 Å². The quantitative estimate of drug-likeness (QED) is 0.673. The maximum absolute atomic E-state index is 10.0. The maximum Gasteiger partial charge on any atom is 0.0727 e. The Labute approximate surface area is 141 Å². The van der Waals surface area contributed by atoms with Crippen molar-refractivity contribution in [2.45, 2.75) is 15.9 Å². The lowest BCUT2D eigenvalue weighted by Gasteiger charge is -2.11. The average molecular weight is 390 g/mol. The summed E-state index contributed by atoms with van der Waals surface area (Å²) in [6, 6.07) is 15.7. The Kier molecular flexibility index (Phi) is 6.78. The van der Waals surface area contributed by atoms with Crippen LogP contribution in [0.15, 0.2) is 62.8 Å². The molecule has 0 heterocycles. The summed E-state index contributed by atoms with van der Waals surface area (Å²) in [6.07, 6.45) is -0.351. The molecule has 0 aliphatic heterocycles. The standard InChI is InChI=1S/C15H14BrClOS2/c16-14-6-1-2-7-15(14)20-10-12(18)9-19-13-5-3-4-11(17)8-13/h1-8,12,18H,9-10H2. The van der Waals surface area contributed by atoms with Gasteiger partial charge in [0, 0.05) is 30.8 Å². The zero-order valence-electron chi connectivity index (χ0n) is 10.6. The summed E-state index contributed by atoms with van der Waals surface area (Å²) in [6.45, 7) is 0. The minimum absolute atomic E-state index is 0.351. The van der Waals surface area contributed by atoms with Crippen LogP contribution in [0.5, 0.6) is 0 Å². The first-order chi connectivity index (χ1) is 9.65. The van der Waals surface area contributed by atoms with E-state index in [-0.39, 0.29) is 6.10 Å². The predicted molar refractivity (Wildman–Crippen MR) is 93.0 cm³/mol. The van der Waals surface area contributed by atoms with Crippen LogP contribution in [0.3, 0.4) is 0 Å². The van der Waals surface area contributed by atoms with Crippen molar-refractivity contribution in [3.63, 3.8) is 0 Å². The Morgan fingerprint density at radius 3 is 2.55 bits per heavy atom. The smallest absolute Gasteiger partial charge is 0.0727 e. The first-order valence-corrected chi connectivity index (χ1v) is 9.23. The van der Waals surface area contributed by atoms with E-state index in [1.165, 1.54) is 0 Å². The van der Waals surface area contributed by atoms with Gasteiger partial charge in [0.25, 0.3) is 0 Å². The van der Waals surface area contributed by atoms with Crippen molar-refractivity contribution in [3.8, 4) is 0 Å². The van der Waals surface area contributed by atoms with E-state index in [0.717, 1.165) is 19.3 Å². The van der Waals surface area contributed by atoms with Crippen molar-refractivity contribution >= 4 is 51.1 Å². The van der Waals surface area contributed by atoms with Crippen molar-refractivity contribution in [2.75, 3.05) is 11.5 Å². The first-order valence-electron chi connectivity index (χ1n) is 6.09. The number of thioether (sulfide) groups is 2.